The van der Waals surface area contributed by atoms with E-state index >= 15 is 0 Å². The van der Waals surface area contributed by atoms with Gasteiger partial charge in [-0.25, -0.2) is 4.39 Å². The second-order valence-electron chi connectivity index (χ2n) is 11.9. The number of halogens is 1. The maximum atomic E-state index is 14.3. The molecule has 3 heterocycles. The molecule has 0 N–H and O–H groups in total. The minimum absolute atomic E-state index is 0. The van der Waals surface area contributed by atoms with Gasteiger partial charge in [-0.05, 0) is 34.5 Å². The molecule has 0 amide bonds. The SMILES string of the molecule is [2H]C(C)(C)c1cc(-c2[c-]cccc2)nc[c]1[Ge]([CH3])([CH3])[CH3].[2H]C(C)(C)c1ccnc(-c2[c-]ccc3c2sc2cccc(F)c23)c1.[Ir]. The van der Waals surface area contributed by atoms with E-state index in [1.54, 1.807) is 23.6 Å². The molecule has 223 valence electrons. The van der Waals surface area contributed by atoms with Crippen molar-refractivity contribution in [2.75, 3.05) is 0 Å². The van der Waals surface area contributed by atoms with Crippen LogP contribution < -0.4 is 4.40 Å². The first-order chi connectivity index (χ1) is 20.6. The van der Waals surface area contributed by atoms with Crippen LogP contribution in [0.3, 0.4) is 0 Å². The van der Waals surface area contributed by atoms with Crippen LogP contribution in [0.1, 0.15) is 53.4 Å². The van der Waals surface area contributed by atoms with E-state index < -0.39 is 25.1 Å². The molecule has 3 aromatic heterocycles. The Bertz CT molecular complexity index is 1940. The van der Waals surface area contributed by atoms with Gasteiger partial charge in [0.2, 0.25) is 0 Å². The Morgan fingerprint density at radius 3 is 2.33 bits per heavy atom. The molecule has 6 aromatic rings. The smallest absolute Gasteiger partial charge is 0.130 e. The van der Waals surface area contributed by atoms with E-state index in [2.05, 4.69) is 45.4 Å². The zero-order chi connectivity index (χ0) is 31.9. The number of nitrogens with zero attached hydrogens (tertiary/aromatic N) is 2. The second kappa shape index (κ2) is 13.9. The van der Waals surface area contributed by atoms with Crippen molar-refractivity contribution >= 4 is 49.2 Å². The molecule has 1 radical (unpaired) electrons. The Morgan fingerprint density at radius 1 is 0.860 bits per heavy atom. The van der Waals surface area contributed by atoms with Crippen LogP contribution in [0.15, 0.2) is 85.2 Å². The Morgan fingerprint density at radius 2 is 1.65 bits per heavy atom. The van der Waals surface area contributed by atoms with Gasteiger partial charge in [-0.3, -0.25) is 0 Å². The van der Waals surface area contributed by atoms with E-state index in [4.69, 9.17) is 2.74 Å². The van der Waals surface area contributed by atoms with Crippen molar-refractivity contribution in [1.82, 2.24) is 9.97 Å². The van der Waals surface area contributed by atoms with Crippen LogP contribution in [0.25, 0.3) is 42.7 Å². The summed E-state index contributed by atoms with van der Waals surface area (Å²) >= 11 is -0.473. The summed E-state index contributed by atoms with van der Waals surface area (Å²) in [6.07, 6.45) is 3.73. The summed E-state index contributed by atoms with van der Waals surface area (Å²) in [6, 6.07) is 29.1. The average molecular weight is 828 g/mol. The quantitative estimate of drug-likeness (QED) is 0.128. The number of pyridine rings is 2. The molecule has 2 nitrogen and oxygen atoms in total. The minimum Gasteiger partial charge on any atom is -0.305 e. The molecule has 0 aliphatic heterocycles. The van der Waals surface area contributed by atoms with E-state index in [-0.39, 0.29) is 25.9 Å². The van der Waals surface area contributed by atoms with Crippen LogP contribution in [-0.4, -0.2) is 23.2 Å². The second-order valence-corrected chi connectivity index (χ2v) is 23.5. The zero-order valence-electron chi connectivity index (χ0n) is 27.6. The van der Waals surface area contributed by atoms with Crippen LogP contribution >= 0.6 is 11.3 Å². The number of thiophene rings is 1. The van der Waals surface area contributed by atoms with Crippen molar-refractivity contribution in [1.29, 1.82) is 0 Å². The largest absolute Gasteiger partial charge is 0.305 e. The van der Waals surface area contributed by atoms with Crippen molar-refractivity contribution in [2.24, 2.45) is 0 Å². The zero-order valence-corrected chi connectivity index (χ0v) is 30.9. The molecule has 0 aliphatic carbocycles. The summed E-state index contributed by atoms with van der Waals surface area (Å²) < 4.78 is 34.2. The van der Waals surface area contributed by atoms with E-state index in [9.17, 15) is 4.39 Å². The number of rotatable bonds is 5. The van der Waals surface area contributed by atoms with E-state index in [1.807, 2.05) is 88.5 Å². The molecule has 0 fully saturated rings. The van der Waals surface area contributed by atoms with Gasteiger partial charge in [0.15, 0.2) is 0 Å². The topological polar surface area (TPSA) is 25.8 Å². The molecular formula is C37H37FGeIrN2S-2. The van der Waals surface area contributed by atoms with Gasteiger partial charge in [0.1, 0.15) is 5.82 Å². The average Bonchev–Trinajstić information content (AvgIpc) is 3.36. The number of aromatic nitrogens is 2. The molecule has 43 heavy (non-hydrogen) atoms. The first kappa shape index (κ1) is 30.3. The number of benzene rings is 3. The molecule has 0 saturated heterocycles. The van der Waals surface area contributed by atoms with Crippen molar-refractivity contribution in [3.05, 3.63) is 114 Å². The molecule has 0 aliphatic rings. The van der Waals surface area contributed by atoms with Gasteiger partial charge < -0.3 is 4.98 Å². The summed E-state index contributed by atoms with van der Waals surface area (Å²) in [5.41, 5.74) is 5.55. The summed E-state index contributed by atoms with van der Waals surface area (Å²) in [7, 11) is 0. The fourth-order valence-corrected chi connectivity index (χ4v) is 9.52. The van der Waals surface area contributed by atoms with Crippen molar-refractivity contribution in [3.8, 4) is 22.5 Å². The minimum atomic E-state index is -2.03. The third-order valence-electron chi connectivity index (χ3n) is 7.24. The molecule has 0 atom stereocenters. The predicted octanol–water partition coefficient (Wildman–Crippen LogP) is 10.4. The van der Waals surface area contributed by atoms with Gasteiger partial charge in [-0.1, -0.05) is 36.9 Å². The molecule has 6 rings (SSSR count). The number of hydrogen-bond acceptors (Lipinski definition) is 3. The third-order valence-corrected chi connectivity index (χ3v) is 12.6. The molecule has 0 bridgehead atoms. The van der Waals surface area contributed by atoms with Crippen LogP contribution in [0.4, 0.5) is 4.39 Å². The molecule has 0 unspecified atom stereocenters. The van der Waals surface area contributed by atoms with Crippen LogP contribution in [0.2, 0.25) is 17.3 Å². The van der Waals surface area contributed by atoms with Crippen LogP contribution in [0, 0.1) is 17.9 Å². The Hall–Kier alpha value is -2.70. The fraction of sp³-hybridized carbons (Fsp3) is 0.243. The number of fused-ring (bicyclic) bond motifs is 3. The van der Waals surface area contributed by atoms with Crippen molar-refractivity contribution in [3.63, 3.8) is 0 Å². The standard InChI is InChI=1S/C20H15FNS.C17H22GeN.Ir/c1-12(2)13-9-10-22-17(11-13)14-5-3-6-15-19-16(21)7-4-8-18(19)23-20(14)15;1-13(2)15-11-17(14-9-7-6-8-10-14)19-12-16(15)18(3,4)5;/h3-4,6-12H,1-2H3;6-9,11-13H,1-5H3;/q2*-1;/i12D;13D;. The van der Waals surface area contributed by atoms with Gasteiger partial charge in [0, 0.05) is 37.8 Å². The Labute approximate surface area is 278 Å². The van der Waals surface area contributed by atoms with Gasteiger partial charge in [-0.15, -0.1) is 23.8 Å². The first-order valence-electron chi connectivity index (χ1n) is 15.1. The third kappa shape index (κ3) is 7.34. The van der Waals surface area contributed by atoms with Gasteiger partial charge in [0.05, 0.1) is 0 Å². The van der Waals surface area contributed by atoms with E-state index in [0.29, 0.717) is 5.39 Å². The molecule has 0 saturated carbocycles. The van der Waals surface area contributed by atoms with Crippen LogP contribution in [0.5, 0.6) is 0 Å². The monoisotopic (exact) mass is 829 g/mol. The van der Waals surface area contributed by atoms with E-state index in [1.165, 1.54) is 10.5 Å². The normalized spacial score (nSPS) is 12.7. The fourth-order valence-electron chi connectivity index (χ4n) is 4.98. The summed E-state index contributed by atoms with van der Waals surface area (Å²) in [5, 5.41) is 1.55. The summed E-state index contributed by atoms with van der Waals surface area (Å²) in [6.45, 7) is 7.62. The van der Waals surface area contributed by atoms with E-state index in [0.717, 1.165) is 48.4 Å². The Balaban J connectivity index is 0.000000204. The summed E-state index contributed by atoms with van der Waals surface area (Å²) in [4.78, 5) is 9.09. The summed E-state index contributed by atoms with van der Waals surface area (Å²) in [5.74, 6) is 5.55. The first-order valence-corrected chi connectivity index (χ1v) is 22.3. The van der Waals surface area contributed by atoms with Crippen molar-refractivity contribution in [2.45, 2.75) is 56.8 Å². The van der Waals surface area contributed by atoms with Crippen molar-refractivity contribution < 1.29 is 27.2 Å². The number of hydrogen-bond donors (Lipinski definition) is 0. The molecule has 3 aromatic carbocycles. The molecule has 0 spiro atoms. The molecular weight excluding hydrogens is 788 g/mol. The Kier molecular flexibility index (Phi) is 9.84. The van der Waals surface area contributed by atoms with Gasteiger partial charge in [0.25, 0.3) is 0 Å². The van der Waals surface area contributed by atoms with Gasteiger partial charge >= 0.3 is 120 Å². The van der Waals surface area contributed by atoms with Gasteiger partial charge in [-0.2, -0.15) is 11.3 Å². The predicted molar refractivity (Wildman–Crippen MR) is 181 cm³/mol. The van der Waals surface area contributed by atoms with Crippen LogP contribution in [-0.2, 0) is 20.1 Å². The maximum Gasteiger partial charge on any atom is 0.130 e. The molecule has 6 heteroatoms. The maximum absolute atomic E-state index is 14.3.